The molecule has 0 saturated carbocycles. The van der Waals surface area contributed by atoms with E-state index in [1.807, 2.05) is 24.3 Å². The number of nitrogens with zero attached hydrogens (tertiary/aromatic N) is 1. The van der Waals surface area contributed by atoms with Crippen LogP contribution in [-0.2, 0) is 33.7 Å². The number of hydrogen-bond acceptors (Lipinski definition) is 4. The Kier molecular flexibility index (Phi) is 14.3. The van der Waals surface area contributed by atoms with Crippen LogP contribution < -0.4 is 0 Å². The number of carbonyl (C=O) groups is 2. The first-order valence-corrected chi connectivity index (χ1v) is 13.5. The molecular weight excluding hydrogens is 491 g/mol. The van der Waals surface area contributed by atoms with Crippen molar-refractivity contribution >= 4 is 12.3 Å². The van der Waals surface area contributed by atoms with Crippen molar-refractivity contribution in [3.8, 4) is 11.8 Å². The Labute approximate surface area is 224 Å². The molecule has 0 spiro atoms. The predicted molar refractivity (Wildman–Crippen MR) is 143 cm³/mol. The van der Waals surface area contributed by atoms with E-state index < -0.39 is 17.7 Å². The number of halogens is 3. The quantitative estimate of drug-likeness (QED) is 0.0726. The minimum absolute atomic E-state index is 0.0259. The Hall–Kier alpha value is -3.11. The Balaban J connectivity index is 1.79. The molecule has 2 aromatic carbocycles. The molecule has 0 radical (unpaired) electrons. The van der Waals surface area contributed by atoms with E-state index >= 15 is 0 Å². The van der Waals surface area contributed by atoms with Gasteiger partial charge in [-0.2, -0.15) is 13.2 Å². The third-order valence-corrected chi connectivity index (χ3v) is 6.16. The molecule has 0 aliphatic carbocycles. The van der Waals surface area contributed by atoms with Gasteiger partial charge in [0.15, 0.2) is 0 Å². The number of rotatable bonds is 16. The Bertz CT molecular complexity index is 1020. The lowest BCUT2D eigenvalue weighted by molar-refractivity contribution is -0.195. The van der Waals surface area contributed by atoms with Gasteiger partial charge in [-0.15, -0.1) is 5.06 Å². The second-order valence-electron chi connectivity index (χ2n) is 9.45. The van der Waals surface area contributed by atoms with E-state index in [0.717, 1.165) is 36.1 Å². The fourth-order valence-corrected chi connectivity index (χ4v) is 4.03. The van der Waals surface area contributed by atoms with Gasteiger partial charge in [0.1, 0.15) is 0 Å². The average Bonchev–Trinajstić information content (AvgIpc) is 2.90. The molecule has 0 atom stereocenters. The first-order valence-electron chi connectivity index (χ1n) is 13.5. The number of hydroxylamine groups is 2. The summed E-state index contributed by atoms with van der Waals surface area (Å²) in [5.41, 5.74) is 1.42. The number of carbonyl (C=O) groups excluding carboxylic acids is 2. The van der Waals surface area contributed by atoms with Gasteiger partial charge in [0.2, 0.25) is 6.29 Å². The predicted octanol–water partition coefficient (Wildman–Crippen LogP) is 8.03. The highest BCUT2D eigenvalue weighted by atomic mass is 19.4. The average molecular weight is 530 g/mol. The summed E-state index contributed by atoms with van der Waals surface area (Å²) >= 11 is 0. The zero-order valence-corrected chi connectivity index (χ0v) is 22.2. The van der Waals surface area contributed by atoms with Crippen molar-refractivity contribution in [2.45, 2.75) is 96.8 Å². The van der Waals surface area contributed by atoms with Gasteiger partial charge in [0, 0.05) is 12.0 Å². The summed E-state index contributed by atoms with van der Waals surface area (Å²) in [6, 6.07) is 12.0. The van der Waals surface area contributed by atoms with Gasteiger partial charge < -0.3 is 4.84 Å². The van der Waals surface area contributed by atoms with Gasteiger partial charge >= 0.3 is 12.1 Å². The molecule has 0 aliphatic heterocycles. The summed E-state index contributed by atoms with van der Waals surface area (Å²) in [7, 11) is 0. The summed E-state index contributed by atoms with van der Waals surface area (Å²) in [4.78, 5) is 27.4. The van der Waals surface area contributed by atoms with Gasteiger partial charge in [-0.1, -0.05) is 101 Å². The highest BCUT2D eigenvalue weighted by Gasteiger charge is 2.30. The second kappa shape index (κ2) is 17.4. The summed E-state index contributed by atoms with van der Waals surface area (Å²) in [5, 5.41) is 1.24. The number of unbranched alkanes of at least 4 members (excludes halogenated alkanes) is 10. The van der Waals surface area contributed by atoms with E-state index in [1.165, 1.54) is 75.0 Å². The molecule has 0 unspecified atom stereocenters. The fourth-order valence-electron chi connectivity index (χ4n) is 4.03. The maximum Gasteiger partial charge on any atom is 0.416 e. The van der Waals surface area contributed by atoms with Gasteiger partial charge in [-0.3, -0.25) is 4.79 Å². The molecule has 4 nitrogen and oxygen atoms in total. The Morgan fingerprint density at radius 1 is 0.816 bits per heavy atom. The van der Waals surface area contributed by atoms with Crippen molar-refractivity contribution < 1.29 is 27.6 Å². The summed E-state index contributed by atoms with van der Waals surface area (Å²) < 4.78 is 38.4. The van der Waals surface area contributed by atoms with Crippen LogP contribution in [0.5, 0.6) is 0 Å². The lowest BCUT2D eigenvalue weighted by Crippen LogP contribution is -2.27. The molecular formula is C31H38F3NO3. The molecule has 0 heterocycles. The molecule has 0 amide bonds. The van der Waals surface area contributed by atoms with Crippen molar-refractivity contribution in [1.29, 1.82) is 0 Å². The van der Waals surface area contributed by atoms with Crippen LogP contribution in [0.15, 0.2) is 48.5 Å². The van der Waals surface area contributed by atoms with E-state index in [0.29, 0.717) is 5.56 Å². The monoisotopic (exact) mass is 529 g/mol. The largest absolute Gasteiger partial charge is 0.416 e. The molecule has 0 saturated heterocycles. The van der Waals surface area contributed by atoms with Crippen LogP contribution in [0.25, 0.3) is 0 Å². The van der Waals surface area contributed by atoms with Crippen LogP contribution in [0.2, 0.25) is 0 Å². The number of hydrogen-bond donors (Lipinski definition) is 0. The highest BCUT2D eigenvalue weighted by molar-refractivity contribution is 6.20. The third-order valence-electron chi connectivity index (χ3n) is 6.16. The lowest BCUT2D eigenvalue weighted by Gasteiger charge is -2.20. The van der Waals surface area contributed by atoms with Crippen LogP contribution >= 0.6 is 0 Å². The summed E-state index contributed by atoms with van der Waals surface area (Å²) in [5.74, 6) is 5.31. The van der Waals surface area contributed by atoms with Crippen LogP contribution in [0.4, 0.5) is 13.2 Å². The summed E-state index contributed by atoms with van der Waals surface area (Å²) in [6.45, 7) is 2.42. The summed E-state index contributed by atoms with van der Waals surface area (Å²) in [6.07, 6.45) is 9.40. The Morgan fingerprint density at radius 2 is 1.32 bits per heavy atom. The molecule has 206 valence electrons. The maximum atomic E-state index is 12.8. The van der Waals surface area contributed by atoms with E-state index in [9.17, 15) is 22.8 Å². The standard InChI is InChI=1S/C31H38F3NO3/c1-2-3-4-5-6-7-8-9-10-11-12-13-14-26-15-17-27(18-16-26)23-35(38-30(37)25-36)24-28-19-21-29(22-20-28)31(32,33)34/h15-22,25H,2-12,23-24H2,1H3. The fraction of sp³-hybridized carbons (Fsp3) is 0.484. The van der Waals surface area contributed by atoms with E-state index in [4.69, 9.17) is 4.84 Å². The smallest absolute Gasteiger partial charge is 0.361 e. The van der Waals surface area contributed by atoms with Crippen LogP contribution in [0.1, 0.15) is 99.8 Å². The van der Waals surface area contributed by atoms with E-state index in [-0.39, 0.29) is 19.4 Å². The third kappa shape index (κ3) is 12.9. The molecule has 0 aliphatic rings. The molecule has 0 N–H and O–H groups in total. The molecule has 0 fully saturated rings. The van der Waals surface area contributed by atoms with Crippen molar-refractivity contribution in [2.24, 2.45) is 0 Å². The number of benzene rings is 2. The van der Waals surface area contributed by atoms with Crippen LogP contribution in [0.3, 0.4) is 0 Å². The van der Waals surface area contributed by atoms with Gasteiger partial charge in [0.25, 0.3) is 0 Å². The van der Waals surface area contributed by atoms with E-state index in [1.54, 1.807) is 0 Å². The number of aldehydes is 1. The topological polar surface area (TPSA) is 46.6 Å². The first kappa shape index (κ1) is 31.1. The van der Waals surface area contributed by atoms with Crippen molar-refractivity contribution in [2.75, 3.05) is 0 Å². The van der Waals surface area contributed by atoms with Crippen molar-refractivity contribution in [3.05, 3.63) is 70.8 Å². The second-order valence-corrected chi connectivity index (χ2v) is 9.45. The van der Waals surface area contributed by atoms with Crippen LogP contribution in [0, 0.1) is 11.8 Å². The maximum absolute atomic E-state index is 12.8. The zero-order chi connectivity index (χ0) is 27.6. The normalized spacial score (nSPS) is 11.2. The number of alkyl halides is 3. The van der Waals surface area contributed by atoms with E-state index in [2.05, 4.69) is 18.8 Å². The Morgan fingerprint density at radius 3 is 1.82 bits per heavy atom. The lowest BCUT2D eigenvalue weighted by atomic mass is 10.1. The van der Waals surface area contributed by atoms with Gasteiger partial charge in [0.05, 0.1) is 18.7 Å². The minimum atomic E-state index is -4.43. The first-order chi connectivity index (χ1) is 18.3. The zero-order valence-electron chi connectivity index (χ0n) is 22.2. The highest BCUT2D eigenvalue weighted by Crippen LogP contribution is 2.29. The van der Waals surface area contributed by atoms with Gasteiger partial charge in [-0.25, -0.2) is 4.79 Å². The minimum Gasteiger partial charge on any atom is -0.361 e. The molecule has 7 heteroatoms. The SMILES string of the molecule is CCCCCCCCCCCCC#Cc1ccc(CN(Cc2ccc(C(F)(F)F)cc2)OC(=O)C=O)cc1. The molecule has 0 bridgehead atoms. The van der Waals surface area contributed by atoms with Crippen molar-refractivity contribution in [3.63, 3.8) is 0 Å². The van der Waals surface area contributed by atoms with Gasteiger partial charge in [-0.05, 0) is 41.8 Å². The molecule has 38 heavy (non-hydrogen) atoms. The molecule has 0 aromatic heterocycles. The van der Waals surface area contributed by atoms with Crippen LogP contribution in [-0.4, -0.2) is 17.3 Å². The molecule has 2 rings (SSSR count). The molecule has 2 aromatic rings. The van der Waals surface area contributed by atoms with Crippen molar-refractivity contribution in [1.82, 2.24) is 5.06 Å².